The first-order valence-corrected chi connectivity index (χ1v) is 3.66. The number of rotatable bonds is 0. The minimum atomic E-state index is 0.606. The van der Waals surface area contributed by atoms with E-state index in [2.05, 4.69) is 11.8 Å². The number of aryl methyl sites for hydroxylation is 1. The third kappa shape index (κ3) is 1.71. The molecule has 0 saturated carbocycles. The number of aldehydes is 1. The van der Waals surface area contributed by atoms with Gasteiger partial charge in [0.1, 0.15) is 0 Å². The zero-order chi connectivity index (χ0) is 7.40. The van der Waals surface area contributed by atoms with Gasteiger partial charge in [-0.15, -0.1) is 11.3 Å². The first-order chi connectivity index (χ1) is 4.83. The van der Waals surface area contributed by atoms with Gasteiger partial charge in [-0.1, -0.05) is 0 Å². The first-order valence-electron chi connectivity index (χ1n) is 2.84. The normalized spacial score (nSPS) is 8.10. The van der Waals surface area contributed by atoms with Gasteiger partial charge >= 0.3 is 0 Å². The van der Waals surface area contributed by atoms with E-state index in [4.69, 9.17) is 0 Å². The van der Waals surface area contributed by atoms with Gasteiger partial charge < -0.3 is 0 Å². The summed E-state index contributed by atoms with van der Waals surface area (Å²) in [5.41, 5.74) is 0. The summed E-state index contributed by atoms with van der Waals surface area (Å²) in [6.07, 6.45) is 0.606. The zero-order valence-electron chi connectivity index (χ0n) is 5.55. The molecular formula is C8H6OS. The van der Waals surface area contributed by atoms with E-state index in [1.165, 1.54) is 4.88 Å². The standard InChI is InChI=1S/C8H6OS/c1-7-4-5-8(10-7)3-2-6-9/h4-6H,1H3. The van der Waals surface area contributed by atoms with Crippen LogP contribution in [-0.4, -0.2) is 6.29 Å². The van der Waals surface area contributed by atoms with Crippen molar-refractivity contribution in [1.82, 2.24) is 0 Å². The van der Waals surface area contributed by atoms with E-state index in [-0.39, 0.29) is 0 Å². The highest BCUT2D eigenvalue weighted by Gasteiger charge is 1.88. The molecule has 0 aliphatic carbocycles. The van der Waals surface area contributed by atoms with Gasteiger partial charge in [0.25, 0.3) is 0 Å². The summed E-state index contributed by atoms with van der Waals surface area (Å²) < 4.78 is 0. The Morgan fingerprint density at radius 3 is 2.90 bits per heavy atom. The average molecular weight is 150 g/mol. The Balaban J connectivity index is 2.85. The maximum atomic E-state index is 9.82. The molecule has 0 aliphatic rings. The Morgan fingerprint density at radius 1 is 1.60 bits per heavy atom. The summed E-state index contributed by atoms with van der Waals surface area (Å²) in [5.74, 6) is 5.07. The molecule has 0 aliphatic heterocycles. The van der Waals surface area contributed by atoms with Crippen LogP contribution in [0.2, 0.25) is 0 Å². The van der Waals surface area contributed by atoms with E-state index < -0.39 is 0 Å². The largest absolute Gasteiger partial charge is 0.289 e. The number of carbonyl (C=O) groups is 1. The molecule has 0 spiro atoms. The lowest BCUT2D eigenvalue weighted by atomic mass is 10.4. The van der Waals surface area contributed by atoms with Gasteiger partial charge in [0.15, 0.2) is 6.29 Å². The van der Waals surface area contributed by atoms with Crippen molar-refractivity contribution in [2.24, 2.45) is 0 Å². The number of carbonyl (C=O) groups excluding carboxylic acids is 1. The minimum Gasteiger partial charge on any atom is -0.289 e. The molecule has 0 saturated heterocycles. The highest BCUT2D eigenvalue weighted by molar-refractivity contribution is 7.12. The van der Waals surface area contributed by atoms with Gasteiger partial charge in [-0.2, -0.15) is 0 Å². The molecule has 1 nitrogen and oxygen atoms in total. The third-order valence-corrected chi connectivity index (χ3v) is 1.91. The van der Waals surface area contributed by atoms with Crippen molar-refractivity contribution in [3.8, 4) is 11.8 Å². The maximum absolute atomic E-state index is 9.82. The molecule has 2 heteroatoms. The highest BCUT2D eigenvalue weighted by Crippen LogP contribution is 2.12. The minimum absolute atomic E-state index is 0.606. The molecule has 0 amide bonds. The van der Waals surface area contributed by atoms with Crippen LogP contribution in [0.4, 0.5) is 0 Å². The summed E-state index contributed by atoms with van der Waals surface area (Å²) in [7, 11) is 0. The molecule has 0 radical (unpaired) electrons. The second kappa shape index (κ2) is 3.19. The lowest BCUT2D eigenvalue weighted by Crippen LogP contribution is -1.61. The van der Waals surface area contributed by atoms with E-state index in [0.29, 0.717) is 6.29 Å². The van der Waals surface area contributed by atoms with Crippen molar-refractivity contribution in [3.63, 3.8) is 0 Å². The van der Waals surface area contributed by atoms with Crippen LogP contribution in [0.1, 0.15) is 9.75 Å². The zero-order valence-corrected chi connectivity index (χ0v) is 6.37. The van der Waals surface area contributed by atoms with Crippen molar-refractivity contribution in [2.75, 3.05) is 0 Å². The Bertz CT molecular complexity index is 288. The predicted molar refractivity (Wildman–Crippen MR) is 42.0 cm³/mol. The number of thiophene rings is 1. The molecule has 0 fully saturated rings. The molecular weight excluding hydrogens is 144 g/mol. The smallest absolute Gasteiger partial charge is 0.193 e. The fraction of sp³-hybridized carbons (Fsp3) is 0.125. The van der Waals surface area contributed by atoms with Crippen molar-refractivity contribution in [1.29, 1.82) is 0 Å². The Hall–Kier alpha value is -1.07. The second-order valence-electron chi connectivity index (χ2n) is 1.80. The average Bonchev–Trinajstić information content (AvgIpc) is 2.31. The second-order valence-corrected chi connectivity index (χ2v) is 3.09. The fourth-order valence-corrected chi connectivity index (χ4v) is 1.33. The van der Waals surface area contributed by atoms with Crippen LogP contribution in [0.5, 0.6) is 0 Å². The molecule has 50 valence electrons. The van der Waals surface area contributed by atoms with E-state index in [0.717, 1.165) is 4.88 Å². The van der Waals surface area contributed by atoms with E-state index in [9.17, 15) is 4.79 Å². The van der Waals surface area contributed by atoms with Crippen LogP contribution in [0, 0.1) is 18.8 Å². The Morgan fingerprint density at radius 2 is 2.40 bits per heavy atom. The molecule has 1 rings (SSSR count). The number of hydrogen-bond donors (Lipinski definition) is 0. The summed E-state index contributed by atoms with van der Waals surface area (Å²) in [5, 5.41) is 0. The van der Waals surface area contributed by atoms with Crippen molar-refractivity contribution >= 4 is 17.6 Å². The van der Waals surface area contributed by atoms with Gasteiger partial charge in [-0.05, 0) is 30.9 Å². The summed E-state index contributed by atoms with van der Waals surface area (Å²) >= 11 is 1.60. The Kier molecular flexibility index (Phi) is 2.24. The lowest BCUT2D eigenvalue weighted by molar-refractivity contribution is -0.103. The van der Waals surface area contributed by atoms with Crippen LogP contribution in [0.25, 0.3) is 0 Å². The monoisotopic (exact) mass is 150 g/mol. The molecule has 0 bridgehead atoms. The maximum Gasteiger partial charge on any atom is 0.193 e. The van der Waals surface area contributed by atoms with Crippen molar-refractivity contribution in [3.05, 3.63) is 21.9 Å². The molecule has 0 unspecified atom stereocenters. The quantitative estimate of drug-likeness (QED) is 0.405. The van der Waals surface area contributed by atoms with E-state index in [1.54, 1.807) is 11.3 Å². The van der Waals surface area contributed by atoms with Gasteiger partial charge in [-0.3, -0.25) is 4.79 Å². The van der Waals surface area contributed by atoms with Crippen LogP contribution in [-0.2, 0) is 4.79 Å². The summed E-state index contributed by atoms with van der Waals surface area (Å²) in [6, 6.07) is 3.90. The van der Waals surface area contributed by atoms with E-state index >= 15 is 0 Å². The predicted octanol–water partition coefficient (Wildman–Crippen LogP) is 1.61. The molecule has 0 aromatic carbocycles. The van der Waals surface area contributed by atoms with Crippen molar-refractivity contribution < 1.29 is 4.79 Å². The molecule has 1 aromatic heterocycles. The van der Waals surface area contributed by atoms with Crippen molar-refractivity contribution in [2.45, 2.75) is 6.92 Å². The van der Waals surface area contributed by atoms with Gasteiger partial charge in [0.2, 0.25) is 0 Å². The van der Waals surface area contributed by atoms with Gasteiger partial charge in [0.05, 0.1) is 4.88 Å². The van der Waals surface area contributed by atoms with E-state index in [1.807, 2.05) is 19.1 Å². The molecule has 10 heavy (non-hydrogen) atoms. The molecule has 1 aromatic rings. The van der Waals surface area contributed by atoms with Gasteiger partial charge in [-0.25, -0.2) is 0 Å². The summed E-state index contributed by atoms with van der Waals surface area (Å²) in [4.78, 5) is 12.0. The SMILES string of the molecule is Cc1ccc(C#CC=O)s1. The van der Waals surface area contributed by atoms with Gasteiger partial charge in [0, 0.05) is 4.88 Å². The summed E-state index contributed by atoms with van der Waals surface area (Å²) in [6.45, 7) is 2.01. The molecule has 0 atom stereocenters. The van der Waals surface area contributed by atoms with Crippen LogP contribution in [0.15, 0.2) is 12.1 Å². The molecule has 1 heterocycles. The highest BCUT2D eigenvalue weighted by atomic mass is 32.1. The Labute approximate surface area is 63.7 Å². The topological polar surface area (TPSA) is 17.1 Å². The fourth-order valence-electron chi connectivity index (χ4n) is 0.602. The lowest BCUT2D eigenvalue weighted by Gasteiger charge is -1.73. The van der Waals surface area contributed by atoms with Crippen LogP contribution in [0.3, 0.4) is 0 Å². The van der Waals surface area contributed by atoms with Crippen LogP contribution >= 0.6 is 11.3 Å². The van der Waals surface area contributed by atoms with Crippen LogP contribution < -0.4 is 0 Å². The first kappa shape index (κ1) is 7.04. The third-order valence-electron chi connectivity index (χ3n) is 0.995. The molecule has 0 N–H and O–H groups in total. The number of hydrogen-bond acceptors (Lipinski definition) is 2.